The fourth-order valence-corrected chi connectivity index (χ4v) is 3.69. The van der Waals surface area contributed by atoms with Crippen LogP contribution in [0.25, 0.3) is 0 Å². The van der Waals surface area contributed by atoms with E-state index < -0.39 is 0 Å². The molecule has 5 heteroatoms. The summed E-state index contributed by atoms with van der Waals surface area (Å²) in [7, 11) is 0. The minimum atomic E-state index is -0.138. The smallest absolute Gasteiger partial charge is 0.254 e. The first-order valence-electron chi connectivity index (χ1n) is 7.72. The van der Waals surface area contributed by atoms with Crippen LogP contribution in [-0.4, -0.2) is 21.4 Å². The largest absolute Gasteiger partial charge is 0.310 e. The Labute approximate surface area is 135 Å². The highest BCUT2D eigenvalue weighted by molar-refractivity contribution is 7.10. The Balaban J connectivity index is 1.85. The molecule has 118 valence electrons. The zero-order valence-electron chi connectivity index (χ0n) is 13.7. The van der Waals surface area contributed by atoms with Crippen molar-refractivity contribution in [2.75, 3.05) is 6.54 Å². The average Bonchev–Trinajstić information content (AvgIpc) is 2.82. The van der Waals surface area contributed by atoms with Gasteiger partial charge in [-0.2, -0.15) is 0 Å². The second-order valence-electron chi connectivity index (χ2n) is 7.14. The number of aromatic amines is 1. The van der Waals surface area contributed by atoms with Gasteiger partial charge >= 0.3 is 0 Å². The van der Waals surface area contributed by atoms with E-state index in [1.54, 1.807) is 11.3 Å². The Hall–Kier alpha value is -1.46. The molecule has 0 spiro atoms. The molecule has 1 aliphatic rings. The van der Waals surface area contributed by atoms with Crippen molar-refractivity contribution < 1.29 is 0 Å². The molecule has 0 aliphatic carbocycles. The van der Waals surface area contributed by atoms with Crippen LogP contribution in [0.5, 0.6) is 0 Å². The summed E-state index contributed by atoms with van der Waals surface area (Å²) in [6.07, 6.45) is 0.784. The summed E-state index contributed by atoms with van der Waals surface area (Å²) >= 11 is 1.81. The summed E-state index contributed by atoms with van der Waals surface area (Å²) in [5, 5.41) is 2.19. The van der Waals surface area contributed by atoms with Gasteiger partial charge in [0.15, 0.2) is 0 Å². The maximum Gasteiger partial charge on any atom is 0.254 e. The maximum absolute atomic E-state index is 12.3. The van der Waals surface area contributed by atoms with Crippen LogP contribution in [0.15, 0.2) is 16.2 Å². The van der Waals surface area contributed by atoms with Gasteiger partial charge in [-0.1, -0.05) is 20.8 Å². The SMILES string of the molecule is Cc1csc(CN2CCc3c(nc(C(C)(C)C)[nH]c3=O)C2)c1. The molecule has 4 nitrogen and oxygen atoms in total. The standard InChI is InChI=1S/C17H23N3OS/c1-11-7-12(22-10-11)8-20-6-5-13-14(9-20)18-16(17(2,3)4)19-15(13)21/h7,10H,5-6,8-9H2,1-4H3,(H,18,19,21). The summed E-state index contributed by atoms with van der Waals surface area (Å²) in [6.45, 7) is 11.0. The summed E-state index contributed by atoms with van der Waals surface area (Å²) in [5.74, 6) is 0.782. The normalized spacial score (nSPS) is 15.8. The van der Waals surface area contributed by atoms with E-state index in [2.05, 4.69) is 49.0 Å². The Morgan fingerprint density at radius 1 is 1.41 bits per heavy atom. The second kappa shape index (κ2) is 5.63. The lowest BCUT2D eigenvalue weighted by atomic mass is 9.95. The number of nitrogens with one attached hydrogen (secondary N) is 1. The van der Waals surface area contributed by atoms with Gasteiger partial charge in [0.05, 0.1) is 5.69 Å². The van der Waals surface area contributed by atoms with E-state index >= 15 is 0 Å². The van der Waals surface area contributed by atoms with Crippen LogP contribution in [0.2, 0.25) is 0 Å². The first-order chi connectivity index (χ1) is 10.3. The molecule has 22 heavy (non-hydrogen) atoms. The molecular formula is C17H23N3OS. The van der Waals surface area contributed by atoms with Gasteiger partial charge in [-0.05, 0) is 30.4 Å². The van der Waals surface area contributed by atoms with E-state index in [0.717, 1.165) is 43.1 Å². The molecule has 2 aromatic heterocycles. The molecule has 0 atom stereocenters. The van der Waals surface area contributed by atoms with Crippen molar-refractivity contribution in [3.05, 3.63) is 49.3 Å². The lowest BCUT2D eigenvalue weighted by Gasteiger charge is -2.28. The highest BCUT2D eigenvalue weighted by atomic mass is 32.1. The van der Waals surface area contributed by atoms with Gasteiger partial charge in [-0.15, -0.1) is 11.3 Å². The van der Waals surface area contributed by atoms with Crippen LogP contribution in [-0.2, 0) is 24.9 Å². The van der Waals surface area contributed by atoms with Crippen molar-refractivity contribution in [1.82, 2.24) is 14.9 Å². The van der Waals surface area contributed by atoms with Crippen LogP contribution in [0.3, 0.4) is 0 Å². The summed E-state index contributed by atoms with van der Waals surface area (Å²) < 4.78 is 0. The minimum Gasteiger partial charge on any atom is -0.310 e. The van der Waals surface area contributed by atoms with Gasteiger partial charge in [0.25, 0.3) is 5.56 Å². The number of rotatable bonds is 2. The number of hydrogen-bond acceptors (Lipinski definition) is 4. The van der Waals surface area contributed by atoms with Crippen LogP contribution in [0.4, 0.5) is 0 Å². The van der Waals surface area contributed by atoms with Crippen molar-refractivity contribution in [3.63, 3.8) is 0 Å². The molecule has 3 rings (SSSR count). The third-order valence-corrected chi connectivity index (χ3v) is 5.07. The van der Waals surface area contributed by atoms with E-state index in [1.807, 2.05) is 0 Å². The molecule has 0 aromatic carbocycles. The molecule has 0 amide bonds. The topological polar surface area (TPSA) is 49.0 Å². The van der Waals surface area contributed by atoms with E-state index in [1.165, 1.54) is 10.4 Å². The quantitative estimate of drug-likeness (QED) is 0.926. The highest BCUT2D eigenvalue weighted by Gasteiger charge is 2.24. The van der Waals surface area contributed by atoms with Crippen molar-refractivity contribution >= 4 is 11.3 Å². The first-order valence-corrected chi connectivity index (χ1v) is 8.60. The van der Waals surface area contributed by atoms with Gasteiger partial charge in [0.2, 0.25) is 0 Å². The van der Waals surface area contributed by atoms with Crippen molar-refractivity contribution in [1.29, 1.82) is 0 Å². The molecule has 0 saturated carbocycles. The lowest BCUT2D eigenvalue weighted by Crippen LogP contribution is -2.36. The number of aryl methyl sites for hydroxylation is 1. The van der Waals surface area contributed by atoms with E-state index in [0.29, 0.717) is 0 Å². The van der Waals surface area contributed by atoms with Crippen molar-refractivity contribution in [2.24, 2.45) is 0 Å². The molecule has 0 bridgehead atoms. The molecule has 0 radical (unpaired) electrons. The Kier molecular flexibility index (Phi) is 3.95. The Morgan fingerprint density at radius 2 is 2.18 bits per heavy atom. The fourth-order valence-electron chi connectivity index (χ4n) is 2.78. The predicted molar refractivity (Wildman–Crippen MR) is 90.4 cm³/mol. The molecule has 2 aromatic rings. The van der Waals surface area contributed by atoms with Gasteiger partial charge in [-0.25, -0.2) is 4.98 Å². The monoisotopic (exact) mass is 317 g/mol. The van der Waals surface area contributed by atoms with Gasteiger partial charge in [0.1, 0.15) is 5.82 Å². The maximum atomic E-state index is 12.3. The molecule has 0 saturated heterocycles. The first kappa shape index (κ1) is 15.4. The number of thiophene rings is 1. The highest BCUT2D eigenvalue weighted by Crippen LogP contribution is 2.23. The van der Waals surface area contributed by atoms with E-state index in [-0.39, 0.29) is 11.0 Å². The number of hydrogen-bond donors (Lipinski definition) is 1. The number of aromatic nitrogens is 2. The fraction of sp³-hybridized carbons (Fsp3) is 0.529. The molecule has 0 unspecified atom stereocenters. The van der Waals surface area contributed by atoms with Gasteiger partial charge < -0.3 is 4.98 Å². The van der Waals surface area contributed by atoms with Crippen LogP contribution >= 0.6 is 11.3 Å². The third kappa shape index (κ3) is 3.15. The third-order valence-electron chi connectivity index (χ3n) is 4.03. The van der Waals surface area contributed by atoms with Gasteiger partial charge in [0, 0.05) is 35.5 Å². The van der Waals surface area contributed by atoms with Gasteiger partial charge in [-0.3, -0.25) is 9.69 Å². The molecule has 0 fully saturated rings. The zero-order chi connectivity index (χ0) is 15.9. The number of nitrogens with zero attached hydrogens (tertiary/aromatic N) is 2. The van der Waals surface area contributed by atoms with Crippen LogP contribution in [0.1, 0.15) is 48.3 Å². The van der Waals surface area contributed by atoms with E-state index in [4.69, 9.17) is 4.98 Å². The summed E-state index contributed by atoms with van der Waals surface area (Å²) in [4.78, 5) is 23.8. The number of H-pyrrole nitrogens is 1. The summed E-state index contributed by atoms with van der Waals surface area (Å²) in [5.41, 5.74) is 3.05. The Bertz CT molecular complexity index is 739. The molecular weight excluding hydrogens is 294 g/mol. The number of fused-ring (bicyclic) bond motifs is 1. The lowest BCUT2D eigenvalue weighted by molar-refractivity contribution is 0.241. The van der Waals surface area contributed by atoms with E-state index in [9.17, 15) is 4.79 Å². The van der Waals surface area contributed by atoms with Crippen molar-refractivity contribution in [3.8, 4) is 0 Å². The summed E-state index contributed by atoms with van der Waals surface area (Å²) in [6, 6.07) is 2.24. The van der Waals surface area contributed by atoms with Crippen LogP contribution < -0.4 is 5.56 Å². The Morgan fingerprint density at radius 3 is 2.82 bits per heavy atom. The molecule has 3 heterocycles. The molecule has 1 aliphatic heterocycles. The van der Waals surface area contributed by atoms with Crippen molar-refractivity contribution in [2.45, 2.75) is 52.6 Å². The van der Waals surface area contributed by atoms with Crippen LogP contribution in [0, 0.1) is 6.92 Å². The zero-order valence-corrected chi connectivity index (χ0v) is 14.5. The molecule has 1 N–H and O–H groups in total. The predicted octanol–water partition coefficient (Wildman–Crippen LogP) is 3.00. The average molecular weight is 317 g/mol. The minimum absolute atomic E-state index is 0.0431. The second-order valence-corrected chi connectivity index (χ2v) is 8.14.